The number of nitrogen functional groups attached to an aromatic ring is 1. The molecule has 0 amide bonds. The summed E-state index contributed by atoms with van der Waals surface area (Å²) in [6.45, 7) is 0.0665. The Morgan fingerprint density at radius 2 is 1.95 bits per heavy atom. The van der Waals surface area contributed by atoms with Crippen LogP contribution in [0.2, 0.25) is 0 Å². The van der Waals surface area contributed by atoms with E-state index in [1.165, 1.54) is 6.20 Å². The van der Waals surface area contributed by atoms with Crippen molar-refractivity contribution in [2.24, 2.45) is 0 Å². The van der Waals surface area contributed by atoms with Gasteiger partial charge in [-0.25, -0.2) is 21.6 Å². The molecule has 0 radical (unpaired) electrons. The summed E-state index contributed by atoms with van der Waals surface area (Å²) in [5.41, 5.74) is 6.81. The third-order valence-electron chi connectivity index (χ3n) is 2.94. The standard InChI is InChI=1S/C12H17N3O4S2/c1-20(16,17)6-2-5-15-21(18,19)12-8-14-11-7-9(13)3-4-10(11)12/h3-4,7-8,14-15H,2,5-6,13H2,1H3. The monoisotopic (exact) mass is 331 g/mol. The van der Waals surface area contributed by atoms with Gasteiger partial charge in [0.1, 0.15) is 14.7 Å². The van der Waals surface area contributed by atoms with E-state index < -0.39 is 19.9 Å². The first kappa shape index (κ1) is 15.8. The lowest BCUT2D eigenvalue weighted by atomic mass is 10.2. The van der Waals surface area contributed by atoms with Gasteiger partial charge in [-0.1, -0.05) is 0 Å². The molecule has 0 unspecified atom stereocenters. The van der Waals surface area contributed by atoms with E-state index in [0.717, 1.165) is 6.26 Å². The molecule has 1 aromatic carbocycles. The van der Waals surface area contributed by atoms with Gasteiger partial charge in [-0.2, -0.15) is 0 Å². The molecule has 116 valence electrons. The number of nitrogens with two attached hydrogens (primary N) is 1. The van der Waals surface area contributed by atoms with Crippen LogP contribution < -0.4 is 10.5 Å². The summed E-state index contributed by atoms with van der Waals surface area (Å²) in [5.74, 6) is -0.0556. The van der Waals surface area contributed by atoms with Crippen LogP contribution in [0.15, 0.2) is 29.3 Å². The SMILES string of the molecule is CS(=O)(=O)CCCNS(=O)(=O)c1c[nH]c2cc(N)ccc12. The average molecular weight is 331 g/mol. The predicted molar refractivity (Wildman–Crippen MR) is 82.2 cm³/mol. The van der Waals surface area contributed by atoms with Gasteiger partial charge in [-0.05, 0) is 24.6 Å². The Hall–Kier alpha value is -1.58. The van der Waals surface area contributed by atoms with Crippen molar-refractivity contribution in [2.45, 2.75) is 11.3 Å². The number of benzene rings is 1. The summed E-state index contributed by atoms with van der Waals surface area (Å²) in [7, 11) is -6.78. The Kier molecular flexibility index (Phi) is 4.26. The van der Waals surface area contributed by atoms with Gasteiger partial charge in [0.25, 0.3) is 0 Å². The van der Waals surface area contributed by atoms with Crippen molar-refractivity contribution in [1.82, 2.24) is 9.71 Å². The van der Waals surface area contributed by atoms with Gasteiger partial charge in [-0.3, -0.25) is 0 Å². The van der Waals surface area contributed by atoms with Gasteiger partial charge < -0.3 is 10.7 Å². The van der Waals surface area contributed by atoms with Crippen molar-refractivity contribution in [3.8, 4) is 0 Å². The first-order valence-corrected chi connectivity index (χ1v) is 9.77. The minimum atomic E-state index is -3.69. The minimum absolute atomic E-state index is 0.0556. The zero-order chi connectivity index (χ0) is 15.7. The molecule has 1 heterocycles. The van der Waals surface area contributed by atoms with Gasteiger partial charge in [-0.15, -0.1) is 0 Å². The molecule has 0 saturated carbocycles. The second kappa shape index (κ2) is 5.66. The molecule has 0 aliphatic carbocycles. The van der Waals surface area contributed by atoms with E-state index in [-0.39, 0.29) is 23.6 Å². The van der Waals surface area contributed by atoms with E-state index in [9.17, 15) is 16.8 Å². The number of sulfonamides is 1. The third-order valence-corrected chi connectivity index (χ3v) is 5.47. The van der Waals surface area contributed by atoms with E-state index in [2.05, 4.69) is 9.71 Å². The Balaban J connectivity index is 2.15. The molecular weight excluding hydrogens is 314 g/mol. The molecular formula is C12H17N3O4S2. The largest absolute Gasteiger partial charge is 0.399 e. The summed E-state index contributed by atoms with van der Waals surface area (Å²) < 4.78 is 48.8. The number of H-pyrrole nitrogens is 1. The summed E-state index contributed by atoms with van der Waals surface area (Å²) >= 11 is 0. The van der Waals surface area contributed by atoms with Gasteiger partial charge in [0.2, 0.25) is 10.0 Å². The number of sulfone groups is 1. The molecule has 0 bridgehead atoms. The van der Waals surface area contributed by atoms with E-state index in [1.807, 2.05) is 0 Å². The molecule has 21 heavy (non-hydrogen) atoms. The zero-order valence-corrected chi connectivity index (χ0v) is 13.1. The maximum absolute atomic E-state index is 12.2. The van der Waals surface area contributed by atoms with Gasteiger partial charge >= 0.3 is 0 Å². The summed E-state index contributed by atoms with van der Waals surface area (Å²) in [6.07, 6.45) is 2.74. The Morgan fingerprint density at radius 3 is 2.62 bits per heavy atom. The number of hydrogen-bond acceptors (Lipinski definition) is 5. The lowest BCUT2D eigenvalue weighted by Gasteiger charge is -2.05. The number of anilines is 1. The van der Waals surface area contributed by atoms with E-state index in [4.69, 9.17) is 5.73 Å². The predicted octanol–water partition coefficient (Wildman–Crippen LogP) is 0.463. The van der Waals surface area contributed by atoms with Crippen molar-refractivity contribution in [3.63, 3.8) is 0 Å². The fraction of sp³-hybridized carbons (Fsp3) is 0.333. The third kappa shape index (κ3) is 3.96. The smallest absolute Gasteiger partial charge is 0.242 e. The van der Waals surface area contributed by atoms with Crippen LogP contribution in [0.3, 0.4) is 0 Å². The molecule has 1 aromatic heterocycles. The minimum Gasteiger partial charge on any atom is -0.399 e. The molecule has 4 N–H and O–H groups in total. The fourth-order valence-electron chi connectivity index (χ4n) is 1.96. The van der Waals surface area contributed by atoms with Crippen LogP contribution >= 0.6 is 0 Å². The zero-order valence-electron chi connectivity index (χ0n) is 11.5. The number of fused-ring (bicyclic) bond motifs is 1. The van der Waals surface area contributed by atoms with Crippen molar-refractivity contribution in [2.75, 3.05) is 24.3 Å². The van der Waals surface area contributed by atoms with Crippen LogP contribution in [0.5, 0.6) is 0 Å². The van der Waals surface area contributed by atoms with Crippen LogP contribution in [0, 0.1) is 0 Å². The fourth-order valence-corrected chi connectivity index (χ4v) is 3.88. The first-order chi connectivity index (χ1) is 9.69. The van der Waals surface area contributed by atoms with Crippen LogP contribution in [0.4, 0.5) is 5.69 Å². The normalized spacial score (nSPS) is 12.8. The Labute approximate surface area is 123 Å². The second-order valence-electron chi connectivity index (χ2n) is 4.84. The topological polar surface area (TPSA) is 122 Å². The average Bonchev–Trinajstić information content (AvgIpc) is 2.77. The molecule has 2 rings (SSSR count). The number of aromatic amines is 1. The number of aromatic nitrogens is 1. The molecule has 0 atom stereocenters. The van der Waals surface area contributed by atoms with Crippen molar-refractivity contribution in [3.05, 3.63) is 24.4 Å². The summed E-state index contributed by atoms with van der Waals surface area (Å²) in [6, 6.07) is 4.91. The summed E-state index contributed by atoms with van der Waals surface area (Å²) in [4.78, 5) is 2.98. The van der Waals surface area contributed by atoms with Crippen LogP contribution in [0.25, 0.3) is 10.9 Å². The first-order valence-electron chi connectivity index (χ1n) is 6.23. The lowest BCUT2D eigenvalue weighted by molar-refractivity contribution is 0.578. The Bertz CT molecular complexity index is 854. The summed E-state index contributed by atoms with van der Waals surface area (Å²) in [5, 5.41) is 0.541. The van der Waals surface area contributed by atoms with Crippen LogP contribution in [-0.2, 0) is 19.9 Å². The molecule has 0 spiro atoms. The van der Waals surface area contributed by atoms with E-state index in [0.29, 0.717) is 16.6 Å². The molecule has 0 aliphatic rings. The van der Waals surface area contributed by atoms with Crippen molar-refractivity contribution < 1.29 is 16.8 Å². The van der Waals surface area contributed by atoms with Crippen LogP contribution in [0.1, 0.15) is 6.42 Å². The van der Waals surface area contributed by atoms with E-state index in [1.54, 1.807) is 18.2 Å². The van der Waals surface area contributed by atoms with Gasteiger partial charge in [0.15, 0.2) is 0 Å². The molecule has 2 aromatic rings. The van der Waals surface area contributed by atoms with Gasteiger partial charge in [0.05, 0.1) is 5.75 Å². The highest BCUT2D eigenvalue weighted by atomic mass is 32.2. The molecule has 9 heteroatoms. The highest BCUT2D eigenvalue weighted by Crippen LogP contribution is 2.24. The maximum atomic E-state index is 12.2. The highest BCUT2D eigenvalue weighted by molar-refractivity contribution is 7.90. The van der Waals surface area contributed by atoms with E-state index >= 15 is 0 Å². The molecule has 0 fully saturated rings. The Morgan fingerprint density at radius 1 is 1.24 bits per heavy atom. The van der Waals surface area contributed by atoms with Crippen molar-refractivity contribution >= 4 is 36.5 Å². The van der Waals surface area contributed by atoms with Crippen LogP contribution in [-0.4, -0.2) is 40.4 Å². The second-order valence-corrected chi connectivity index (χ2v) is 8.83. The van der Waals surface area contributed by atoms with Crippen molar-refractivity contribution in [1.29, 1.82) is 0 Å². The number of rotatable bonds is 6. The quantitative estimate of drug-likeness (QED) is 0.524. The highest BCUT2D eigenvalue weighted by Gasteiger charge is 2.18. The van der Waals surface area contributed by atoms with Gasteiger partial charge in [0, 0.05) is 35.6 Å². The molecule has 0 aliphatic heterocycles. The number of hydrogen-bond donors (Lipinski definition) is 3. The molecule has 0 saturated heterocycles. The maximum Gasteiger partial charge on any atom is 0.242 e. The molecule has 7 nitrogen and oxygen atoms in total. The number of nitrogens with one attached hydrogen (secondary N) is 2. The lowest BCUT2D eigenvalue weighted by Crippen LogP contribution is -2.26.